The highest BCUT2D eigenvalue weighted by Gasteiger charge is 2.13. The lowest BCUT2D eigenvalue weighted by Gasteiger charge is -2.17. The Bertz CT molecular complexity index is 997. The van der Waals surface area contributed by atoms with Gasteiger partial charge in [0.1, 0.15) is 6.54 Å². The van der Waals surface area contributed by atoms with E-state index in [2.05, 4.69) is 77.0 Å². The highest BCUT2D eigenvalue weighted by Crippen LogP contribution is 2.29. The Morgan fingerprint density at radius 3 is 2.59 bits per heavy atom. The average Bonchev–Trinajstić information content (AvgIpc) is 2.96. The number of fused-ring (bicyclic) bond motifs is 1. The van der Waals surface area contributed by atoms with Crippen molar-refractivity contribution in [3.8, 4) is 11.5 Å². The summed E-state index contributed by atoms with van der Waals surface area (Å²) in [6, 6.07) is 10.5. The molecule has 2 heterocycles. The van der Waals surface area contributed by atoms with Crippen LogP contribution in [0.25, 0.3) is 11.0 Å². The number of rotatable bonds is 5. The van der Waals surface area contributed by atoms with Crippen molar-refractivity contribution < 1.29 is 0 Å². The number of aromatic nitrogens is 3. The second-order valence-electron chi connectivity index (χ2n) is 7.26. The van der Waals surface area contributed by atoms with Crippen LogP contribution in [0.4, 0.5) is 5.69 Å². The number of benzene rings is 1. The summed E-state index contributed by atoms with van der Waals surface area (Å²) in [5.41, 5.74) is 6.26. The Labute approximate surface area is 170 Å². The van der Waals surface area contributed by atoms with Gasteiger partial charge in [0, 0.05) is 17.6 Å². The molecule has 0 amide bonds. The minimum Gasteiger partial charge on any atom is -0.380 e. The van der Waals surface area contributed by atoms with Crippen molar-refractivity contribution in [2.24, 2.45) is 0 Å². The summed E-state index contributed by atoms with van der Waals surface area (Å²) >= 11 is 8.16. The number of thioether (sulfide) groups is 1. The Morgan fingerprint density at radius 1 is 1.19 bits per heavy atom. The SMILES string of the molecule is CSc1ccc(CNc2ccnc3c2c(Cl)nn3CC#C[Si-](C)(C)C)cc1. The normalized spacial score (nSPS) is 11.3. The van der Waals surface area contributed by atoms with Crippen molar-refractivity contribution in [1.29, 1.82) is 0 Å². The topological polar surface area (TPSA) is 42.7 Å². The van der Waals surface area contributed by atoms with E-state index in [0.29, 0.717) is 18.2 Å². The molecule has 0 aliphatic carbocycles. The van der Waals surface area contributed by atoms with Crippen molar-refractivity contribution in [3.05, 3.63) is 47.2 Å². The molecule has 0 saturated carbocycles. The summed E-state index contributed by atoms with van der Waals surface area (Å²) in [5.74, 6) is 3.23. The van der Waals surface area contributed by atoms with Gasteiger partial charge >= 0.3 is 0 Å². The fourth-order valence-electron chi connectivity index (χ4n) is 2.63. The number of halogens is 1. The van der Waals surface area contributed by atoms with Crippen LogP contribution in [0, 0.1) is 11.5 Å². The van der Waals surface area contributed by atoms with Crippen LogP contribution >= 0.6 is 23.4 Å². The van der Waals surface area contributed by atoms with Crippen LogP contribution in [0.3, 0.4) is 0 Å². The van der Waals surface area contributed by atoms with Crippen molar-refractivity contribution >= 4 is 48.2 Å². The van der Waals surface area contributed by atoms with Gasteiger partial charge in [0.2, 0.25) is 0 Å². The van der Waals surface area contributed by atoms with Gasteiger partial charge in [-0.25, -0.2) is 9.67 Å². The number of hydrogen-bond acceptors (Lipinski definition) is 4. The molecular formula is C20H23ClN4SSi-. The molecule has 0 unspecified atom stereocenters. The zero-order chi connectivity index (χ0) is 19.4. The first-order valence-corrected chi connectivity index (χ1v) is 13.9. The highest BCUT2D eigenvalue weighted by atomic mass is 35.5. The van der Waals surface area contributed by atoms with E-state index in [4.69, 9.17) is 11.6 Å². The van der Waals surface area contributed by atoms with Gasteiger partial charge in [-0.3, -0.25) is 5.54 Å². The van der Waals surface area contributed by atoms with Crippen molar-refractivity contribution in [3.63, 3.8) is 0 Å². The quantitative estimate of drug-likeness (QED) is 0.349. The van der Waals surface area contributed by atoms with E-state index in [1.165, 1.54) is 10.5 Å². The van der Waals surface area contributed by atoms with Crippen molar-refractivity contribution in [2.75, 3.05) is 11.6 Å². The van der Waals surface area contributed by atoms with Crippen molar-refractivity contribution in [1.82, 2.24) is 14.8 Å². The lowest BCUT2D eigenvalue weighted by atomic mass is 10.2. The number of anilines is 1. The molecule has 7 heteroatoms. The third-order valence-electron chi connectivity index (χ3n) is 3.92. The number of nitrogens with zero attached hydrogens (tertiary/aromatic N) is 3. The molecule has 27 heavy (non-hydrogen) atoms. The van der Waals surface area contributed by atoms with Crippen molar-refractivity contribution in [2.45, 2.75) is 37.6 Å². The molecule has 0 atom stereocenters. The zero-order valence-electron chi connectivity index (χ0n) is 16.0. The summed E-state index contributed by atoms with van der Waals surface area (Å²) in [6.45, 7) is 7.88. The van der Waals surface area contributed by atoms with Crippen LogP contribution < -0.4 is 5.32 Å². The van der Waals surface area contributed by atoms with Gasteiger partial charge in [0.15, 0.2) is 10.8 Å². The smallest absolute Gasteiger partial charge is 0.162 e. The standard InChI is InChI=1S/C20H23ClN4SSi/c1-26-16-8-6-15(7-9-16)14-23-17-10-11-22-20-18(17)19(21)24-25(20)12-5-13-27(2,3)4/h6-11H,12,14H2,1-4H3,(H,22,23)/q-1. The summed E-state index contributed by atoms with van der Waals surface area (Å²) in [6.07, 6.45) is 3.86. The Balaban J connectivity index is 1.82. The molecule has 2 aromatic heterocycles. The van der Waals surface area contributed by atoms with E-state index in [0.717, 1.165) is 16.7 Å². The molecule has 0 fully saturated rings. The summed E-state index contributed by atoms with van der Waals surface area (Å²) in [5, 5.41) is 9.19. The summed E-state index contributed by atoms with van der Waals surface area (Å²) in [7, 11) is -1.41. The minimum atomic E-state index is -1.41. The molecule has 0 aliphatic rings. The molecule has 0 radical (unpaired) electrons. The summed E-state index contributed by atoms with van der Waals surface area (Å²) in [4.78, 5) is 5.73. The fraction of sp³-hybridized carbons (Fsp3) is 0.300. The van der Waals surface area contributed by atoms with Gasteiger partial charge in [-0.1, -0.05) is 31.8 Å². The highest BCUT2D eigenvalue weighted by molar-refractivity contribution is 7.98. The third-order valence-corrected chi connectivity index (χ3v) is 5.86. The van der Waals surface area contributed by atoms with E-state index in [1.807, 2.05) is 6.07 Å². The maximum Gasteiger partial charge on any atom is 0.162 e. The van der Waals surface area contributed by atoms with E-state index in [9.17, 15) is 0 Å². The first-order chi connectivity index (χ1) is 12.9. The van der Waals surface area contributed by atoms with Gasteiger partial charge < -0.3 is 5.32 Å². The molecular weight excluding hydrogens is 392 g/mol. The van der Waals surface area contributed by atoms with Crippen LogP contribution in [0.2, 0.25) is 24.8 Å². The molecule has 141 valence electrons. The predicted octanol–water partition coefficient (Wildman–Crippen LogP) is 5.30. The Kier molecular flexibility index (Phi) is 6.15. The largest absolute Gasteiger partial charge is 0.380 e. The minimum absolute atomic E-state index is 0.452. The maximum atomic E-state index is 6.42. The molecule has 1 aromatic carbocycles. The van der Waals surface area contributed by atoms with Gasteiger partial charge in [-0.15, -0.1) is 17.7 Å². The van der Waals surface area contributed by atoms with E-state index in [-0.39, 0.29) is 0 Å². The number of pyridine rings is 1. The molecule has 3 rings (SSSR count). The molecule has 1 N–H and O–H groups in total. The average molecular weight is 415 g/mol. The molecule has 0 bridgehead atoms. The van der Waals surface area contributed by atoms with E-state index in [1.54, 1.807) is 22.6 Å². The third kappa shape index (κ3) is 5.07. The van der Waals surface area contributed by atoms with Gasteiger partial charge in [-0.05, 0) is 30.0 Å². The number of nitrogens with one attached hydrogen (secondary N) is 1. The molecule has 0 aliphatic heterocycles. The van der Waals surface area contributed by atoms with Gasteiger partial charge in [0.25, 0.3) is 0 Å². The van der Waals surface area contributed by atoms with Crippen LogP contribution in [-0.4, -0.2) is 29.1 Å². The number of hydrogen-bond donors (Lipinski definition) is 1. The molecule has 0 spiro atoms. The Hall–Kier alpha value is -1.94. The fourth-order valence-corrected chi connectivity index (χ4v) is 3.93. The van der Waals surface area contributed by atoms with Crippen LogP contribution in [0.15, 0.2) is 41.4 Å². The lowest BCUT2D eigenvalue weighted by molar-refractivity contribution is 0.734. The predicted molar refractivity (Wildman–Crippen MR) is 119 cm³/mol. The first kappa shape index (κ1) is 19.8. The monoisotopic (exact) mass is 414 g/mol. The van der Waals surface area contributed by atoms with E-state index >= 15 is 0 Å². The molecule has 3 aromatic rings. The first-order valence-electron chi connectivity index (χ1n) is 8.75. The molecule has 0 saturated heterocycles. The Morgan fingerprint density at radius 2 is 1.93 bits per heavy atom. The van der Waals surface area contributed by atoms with Crippen LogP contribution in [0.1, 0.15) is 5.56 Å². The molecule has 4 nitrogen and oxygen atoms in total. The van der Waals surface area contributed by atoms with Gasteiger partial charge in [-0.2, -0.15) is 24.7 Å². The summed E-state index contributed by atoms with van der Waals surface area (Å²) < 4.78 is 1.78. The lowest BCUT2D eigenvalue weighted by Crippen LogP contribution is -2.16. The van der Waals surface area contributed by atoms with E-state index < -0.39 is 8.07 Å². The maximum absolute atomic E-state index is 6.42. The van der Waals surface area contributed by atoms with Gasteiger partial charge in [0.05, 0.1) is 11.1 Å². The van der Waals surface area contributed by atoms with Crippen LogP contribution in [-0.2, 0) is 13.1 Å². The second kappa shape index (κ2) is 8.38. The zero-order valence-corrected chi connectivity index (χ0v) is 18.6. The second-order valence-corrected chi connectivity index (χ2v) is 13.2. The van der Waals surface area contributed by atoms with Crippen LogP contribution in [0.5, 0.6) is 0 Å².